The van der Waals surface area contributed by atoms with E-state index in [1.807, 2.05) is 0 Å². The number of halogens is 6. The Bertz CT molecular complexity index is 1440. The summed E-state index contributed by atoms with van der Waals surface area (Å²) in [7, 11) is -3.22. The van der Waals surface area contributed by atoms with Crippen molar-refractivity contribution in [3.05, 3.63) is 59.1 Å². The van der Waals surface area contributed by atoms with Crippen LogP contribution in [0.1, 0.15) is 23.8 Å². The van der Waals surface area contributed by atoms with Gasteiger partial charge in [0.2, 0.25) is 0 Å². The lowest BCUT2D eigenvalue weighted by Crippen LogP contribution is -2.40. The van der Waals surface area contributed by atoms with Gasteiger partial charge >= 0.3 is 12.2 Å². The Labute approximate surface area is 200 Å². The van der Waals surface area contributed by atoms with Crippen molar-refractivity contribution >= 4 is 38.2 Å². The highest BCUT2D eigenvalue weighted by atomic mass is 32.2. The number of alkyl halides is 3. The molecule has 2 aromatic carbocycles. The number of anilines is 2. The van der Waals surface area contributed by atoms with Crippen molar-refractivity contribution in [2.75, 3.05) is 22.1 Å². The van der Waals surface area contributed by atoms with Crippen molar-refractivity contribution in [2.24, 2.45) is 0 Å². The molecular formula is C22H19F6N3O4S. The first-order chi connectivity index (χ1) is 16.7. The third kappa shape index (κ3) is 5.53. The van der Waals surface area contributed by atoms with Gasteiger partial charge in [-0.05, 0) is 37.6 Å². The Kier molecular flexibility index (Phi) is 6.58. The second-order valence-electron chi connectivity index (χ2n) is 8.40. The fourth-order valence-corrected chi connectivity index (χ4v) is 5.69. The molecule has 3 N–H and O–H groups in total. The van der Waals surface area contributed by atoms with Crippen molar-refractivity contribution in [3.8, 4) is 0 Å². The number of carbonyl (C=O) groups is 1. The Balaban J connectivity index is 1.55. The lowest BCUT2D eigenvalue weighted by Gasteiger charge is -2.21. The van der Waals surface area contributed by atoms with Gasteiger partial charge in [-0.1, -0.05) is 0 Å². The Morgan fingerprint density at radius 2 is 1.72 bits per heavy atom. The lowest BCUT2D eigenvalue weighted by atomic mass is 10.1. The molecule has 194 valence electrons. The first-order valence-electron chi connectivity index (χ1n) is 10.5. The van der Waals surface area contributed by atoms with Crippen LogP contribution < -0.4 is 16.0 Å². The highest BCUT2D eigenvalue weighted by Crippen LogP contribution is 2.39. The summed E-state index contributed by atoms with van der Waals surface area (Å²) in [4.78, 5) is 12.4. The molecule has 0 aliphatic carbocycles. The van der Waals surface area contributed by atoms with Gasteiger partial charge in [-0.15, -0.1) is 0 Å². The number of urea groups is 1. The summed E-state index contributed by atoms with van der Waals surface area (Å²) >= 11 is 0. The molecule has 1 unspecified atom stereocenters. The molecule has 1 saturated heterocycles. The van der Waals surface area contributed by atoms with Gasteiger partial charge in [-0.25, -0.2) is 26.4 Å². The quantitative estimate of drug-likeness (QED) is 0.391. The fraction of sp³-hybridized carbons (Fsp3) is 0.318. The van der Waals surface area contributed by atoms with Gasteiger partial charge in [0, 0.05) is 34.4 Å². The van der Waals surface area contributed by atoms with Crippen molar-refractivity contribution in [2.45, 2.75) is 31.6 Å². The predicted molar refractivity (Wildman–Crippen MR) is 119 cm³/mol. The van der Waals surface area contributed by atoms with E-state index in [0.29, 0.717) is 6.07 Å². The molecule has 1 fully saturated rings. The number of fused-ring (bicyclic) bond motifs is 1. The molecule has 14 heteroatoms. The average Bonchev–Trinajstić information content (AvgIpc) is 3.24. The third-order valence-electron chi connectivity index (χ3n) is 5.62. The van der Waals surface area contributed by atoms with Gasteiger partial charge < -0.3 is 20.4 Å². The van der Waals surface area contributed by atoms with E-state index in [0.717, 1.165) is 25.1 Å². The zero-order chi connectivity index (χ0) is 26.4. The molecule has 0 radical (unpaired) electrons. The molecule has 3 aromatic rings. The second kappa shape index (κ2) is 9.22. The number of nitrogens with one attached hydrogen (secondary N) is 3. The summed E-state index contributed by atoms with van der Waals surface area (Å²) in [5, 5.41) is 6.35. The van der Waals surface area contributed by atoms with Gasteiger partial charge in [0.15, 0.2) is 27.3 Å². The van der Waals surface area contributed by atoms with E-state index in [1.54, 1.807) is 5.32 Å². The van der Waals surface area contributed by atoms with Crippen LogP contribution in [0.3, 0.4) is 0 Å². The van der Waals surface area contributed by atoms with Crippen LogP contribution in [0.2, 0.25) is 0 Å². The first-order valence-corrected chi connectivity index (χ1v) is 12.3. The zero-order valence-electron chi connectivity index (χ0n) is 18.5. The van der Waals surface area contributed by atoms with Gasteiger partial charge in [0.25, 0.3) is 0 Å². The van der Waals surface area contributed by atoms with E-state index >= 15 is 0 Å². The molecule has 0 saturated carbocycles. The van der Waals surface area contributed by atoms with E-state index < -0.39 is 62.9 Å². The van der Waals surface area contributed by atoms with Crippen LogP contribution in [0, 0.1) is 24.4 Å². The molecule has 2 atom stereocenters. The zero-order valence-corrected chi connectivity index (χ0v) is 19.3. The summed E-state index contributed by atoms with van der Waals surface area (Å²) in [6.45, 7) is 1.16. The minimum Gasteiger partial charge on any atom is -0.455 e. The summed E-state index contributed by atoms with van der Waals surface area (Å²) in [5.74, 6) is -4.11. The molecule has 2 amide bonds. The van der Waals surface area contributed by atoms with Crippen LogP contribution >= 0.6 is 0 Å². The highest BCUT2D eigenvalue weighted by Gasteiger charge is 2.45. The summed E-state index contributed by atoms with van der Waals surface area (Å²) in [6.07, 6.45) is -4.80. The number of aryl methyl sites for hydroxylation is 1. The first kappa shape index (κ1) is 25.7. The SMILES string of the molecule is Cc1c(C(NC(=O)Nc2cc(F)cc(N[C@@H]3CCS(=O)(=O)C3)c2)C(F)(F)F)oc2c(F)cc(F)cc12. The van der Waals surface area contributed by atoms with E-state index in [9.17, 15) is 39.6 Å². The molecular weight excluding hydrogens is 516 g/mol. The number of hydrogen-bond acceptors (Lipinski definition) is 5. The van der Waals surface area contributed by atoms with Crippen molar-refractivity contribution < 1.29 is 44.0 Å². The number of furan rings is 1. The number of rotatable bonds is 5. The molecule has 0 bridgehead atoms. The van der Waals surface area contributed by atoms with Gasteiger partial charge in [-0.2, -0.15) is 13.2 Å². The average molecular weight is 535 g/mol. The van der Waals surface area contributed by atoms with Crippen molar-refractivity contribution in [3.63, 3.8) is 0 Å². The second-order valence-corrected chi connectivity index (χ2v) is 10.6. The largest absolute Gasteiger partial charge is 0.455 e. The normalized spacial score (nSPS) is 18.2. The molecule has 4 rings (SSSR count). The maximum absolute atomic E-state index is 14.1. The molecule has 36 heavy (non-hydrogen) atoms. The van der Waals surface area contributed by atoms with Crippen LogP contribution in [0.15, 0.2) is 34.7 Å². The predicted octanol–water partition coefficient (Wildman–Crippen LogP) is 5.18. The van der Waals surface area contributed by atoms with Crippen LogP contribution in [0.25, 0.3) is 11.0 Å². The molecule has 1 aliphatic heterocycles. The van der Waals surface area contributed by atoms with Gasteiger partial charge in [0.05, 0.1) is 11.5 Å². The monoisotopic (exact) mass is 535 g/mol. The fourth-order valence-electron chi connectivity index (χ4n) is 4.02. The number of hydrogen-bond donors (Lipinski definition) is 3. The highest BCUT2D eigenvalue weighted by molar-refractivity contribution is 7.91. The summed E-state index contributed by atoms with van der Waals surface area (Å²) in [6, 6.07) is -0.234. The van der Waals surface area contributed by atoms with Crippen LogP contribution in [0.5, 0.6) is 0 Å². The van der Waals surface area contributed by atoms with E-state index in [2.05, 4.69) is 10.6 Å². The Morgan fingerprint density at radius 3 is 2.36 bits per heavy atom. The van der Waals surface area contributed by atoms with Gasteiger partial charge in [-0.3, -0.25) is 0 Å². The maximum atomic E-state index is 14.1. The lowest BCUT2D eigenvalue weighted by molar-refractivity contribution is -0.158. The van der Waals surface area contributed by atoms with Crippen LogP contribution in [-0.4, -0.2) is 38.2 Å². The number of benzene rings is 2. The van der Waals surface area contributed by atoms with Crippen LogP contribution in [-0.2, 0) is 9.84 Å². The Hall–Kier alpha value is -3.42. The topological polar surface area (TPSA) is 100 Å². The smallest absolute Gasteiger partial charge is 0.416 e. The maximum Gasteiger partial charge on any atom is 0.416 e. The molecule has 1 aromatic heterocycles. The van der Waals surface area contributed by atoms with E-state index in [4.69, 9.17) is 4.42 Å². The molecule has 1 aliphatic rings. The number of carbonyl (C=O) groups excluding carboxylic acids is 1. The van der Waals surface area contributed by atoms with E-state index in [-0.39, 0.29) is 40.3 Å². The van der Waals surface area contributed by atoms with Crippen molar-refractivity contribution in [1.29, 1.82) is 0 Å². The van der Waals surface area contributed by atoms with Gasteiger partial charge in [0.1, 0.15) is 17.4 Å². The Morgan fingerprint density at radius 1 is 1.06 bits per heavy atom. The van der Waals surface area contributed by atoms with Crippen molar-refractivity contribution in [1.82, 2.24) is 5.32 Å². The third-order valence-corrected chi connectivity index (χ3v) is 7.39. The minimum atomic E-state index is -5.09. The minimum absolute atomic E-state index is 0.0376. The molecule has 7 nitrogen and oxygen atoms in total. The number of sulfone groups is 1. The van der Waals surface area contributed by atoms with Crippen LogP contribution in [0.4, 0.5) is 42.5 Å². The summed E-state index contributed by atoms with van der Waals surface area (Å²) in [5.41, 5.74) is -0.929. The standard InChI is InChI=1S/C22H19F6N3O4S/c1-10-16-6-12(24)7-17(25)19(16)35-18(10)20(22(26,27)28)31-21(32)30-15-5-11(23)4-14(8-15)29-13-2-3-36(33,34)9-13/h4-8,13,20,29H,2-3,9H2,1H3,(H2,30,31,32)/t13-,20?/m1/s1. The molecule has 2 heterocycles. The number of amides is 2. The molecule has 0 spiro atoms. The van der Waals surface area contributed by atoms with E-state index in [1.165, 1.54) is 6.07 Å². The summed E-state index contributed by atoms with van der Waals surface area (Å²) < 4.78 is 111.